The van der Waals surface area contributed by atoms with Gasteiger partial charge in [-0.3, -0.25) is 4.79 Å². The van der Waals surface area contributed by atoms with Crippen molar-refractivity contribution in [2.45, 2.75) is 20.5 Å². The summed E-state index contributed by atoms with van der Waals surface area (Å²) in [4.78, 5) is 13.0. The summed E-state index contributed by atoms with van der Waals surface area (Å²) in [6, 6.07) is 10.2. The second-order valence-corrected chi connectivity index (χ2v) is 8.95. The van der Waals surface area contributed by atoms with Gasteiger partial charge in [0.15, 0.2) is 8.68 Å². The average Bonchev–Trinajstić information content (AvgIpc) is 2.99. The predicted molar refractivity (Wildman–Crippen MR) is 97.2 cm³/mol. The topological polar surface area (TPSA) is 54.9 Å². The third-order valence-electron chi connectivity index (χ3n) is 2.42. The summed E-state index contributed by atoms with van der Waals surface area (Å²) in [5.74, 6) is 2.29. The number of nitrogens with zero attached hydrogens (tertiary/aromatic N) is 2. The number of amides is 1. The zero-order valence-corrected chi connectivity index (χ0v) is 15.4. The first-order valence-electron chi connectivity index (χ1n) is 6.81. The van der Waals surface area contributed by atoms with Crippen molar-refractivity contribution in [3.63, 3.8) is 0 Å². The van der Waals surface area contributed by atoms with Crippen molar-refractivity contribution in [1.82, 2.24) is 15.5 Å². The Morgan fingerprint density at radius 1 is 1.14 bits per heavy atom. The van der Waals surface area contributed by atoms with Gasteiger partial charge in [0.05, 0.1) is 5.75 Å². The second kappa shape index (κ2) is 10.1. The Hall–Kier alpha value is -0.700. The standard InChI is InChI=1S/C14H17N3OS4/c1-2-19-13-16-17-14(22-13)21-10-12(18)15-8-9-20-11-6-4-3-5-7-11/h3-7H,2,8-10H2,1H3,(H,15,18). The van der Waals surface area contributed by atoms with Gasteiger partial charge in [0, 0.05) is 17.2 Å². The molecule has 0 atom stereocenters. The molecule has 118 valence electrons. The lowest BCUT2D eigenvalue weighted by Gasteiger charge is -2.04. The van der Waals surface area contributed by atoms with Crippen LogP contribution in [0, 0.1) is 0 Å². The number of benzene rings is 1. The van der Waals surface area contributed by atoms with Crippen LogP contribution in [0.15, 0.2) is 43.9 Å². The molecule has 1 N–H and O–H groups in total. The van der Waals surface area contributed by atoms with E-state index >= 15 is 0 Å². The largest absolute Gasteiger partial charge is 0.355 e. The fourth-order valence-corrected chi connectivity index (χ4v) is 5.03. The number of thioether (sulfide) groups is 3. The van der Waals surface area contributed by atoms with Gasteiger partial charge >= 0.3 is 0 Å². The number of carbonyl (C=O) groups excluding carboxylic acids is 1. The van der Waals surface area contributed by atoms with Crippen LogP contribution in [0.25, 0.3) is 0 Å². The van der Waals surface area contributed by atoms with Gasteiger partial charge in [0.25, 0.3) is 0 Å². The number of carbonyl (C=O) groups is 1. The van der Waals surface area contributed by atoms with Crippen molar-refractivity contribution in [2.75, 3.05) is 23.8 Å². The minimum Gasteiger partial charge on any atom is -0.355 e. The maximum absolute atomic E-state index is 11.8. The summed E-state index contributed by atoms with van der Waals surface area (Å²) in [5.41, 5.74) is 0. The second-order valence-electron chi connectivity index (χ2n) is 4.07. The van der Waals surface area contributed by atoms with Gasteiger partial charge in [-0.25, -0.2) is 0 Å². The van der Waals surface area contributed by atoms with E-state index in [0.29, 0.717) is 12.3 Å². The molecule has 1 aromatic carbocycles. The maximum atomic E-state index is 11.8. The zero-order valence-electron chi connectivity index (χ0n) is 12.2. The van der Waals surface area contributed by atoms with Crippen LogP contribution >= 0.6 is 46.6 Å². The summed E-state index contributed by atoms with van der Waals surface area (Å²) in [7, 11) is 0. The molecule has 0 saturated heterocycles. The highest BCUT2D eigenvalue weighted by molar-refractivity contribution is 8.03. The van der Waals surface area contributed by atoms with Gasteiger partial charge in [-0.2, -0.15) is 0 Å². The van der Waals surface area contributed by atoms with E-state index in [9.17, 15) is 4.79 Å². The van der Waals surface area contributed by atoms with Gasteiger partial charge in [-0.05, 0) is 17.9 Å². The van der Waals surface area contributed by atoms with Crippen molar-refractivity contribution >= 4 is 52.5 Å². The van der Waals surface area contributed by atoms with Crippen LogP contribution < -0.4 is 5.32 Å². The molecule has 0 unspecified atom stereocenters. The van der Waals surface area contributed by atoms with Gasteiger partial charge in [-0.1, -0.05) is 60.0 Å². The van der Waals surface area contributed by atoms with Crippen molar-refractivity contribution in [1.29, 1.82) is 0 Å². The summed E-state index contributed by atoms with van der Waals surface area (Å²) < 4.78 is 1.81. The molecule has 22 heavy (non-hydrogen) atoms. The Bertz CT molecular complexity index is 576. The van der Waals surface area contributed by atoms with Gasteiger partial charge in [0.2, 0.25) is 5.91 Å². The lowest BCUT2D eigenvalue weighted by molar-refractivity contribution is -0.118. The van der Waals surface area contributed by atoms with E-state index in [-0.39, 0.29) is 5.91 Å². The van der Waals surface area contributed by atoms with Gasteiger partial charge in [-0.15, -0.1) is 22.0 Å². The minimum atomic E-state index is 0.0403. The van der Waals surface area contributed by atoms with Crippen molar-refractivity contribution in [3.8, 4) is 0 Å². The van der Waals surface area contributed by atoms with Gasteiger partial charge in [0.1, 0.15) is 0 Å². The fraction of sp³-hybridized carbons (Fsp3) is 0.357. The molecule has 4 nitrogen and oxygen atoms in total. The van der Waals surface area contributed by atoms with E-state index in [1.54, 1.807) is 34.9 Å². The van der Waals surface area contributed by atoms with Crippen LogP contribution in [0.1, 0.15) is 6.92 Å². The summed E-state index contributed by atoms with van der Waals surface area (Å²) in [6.07, 6.45) is 0. The molecule has 0 aliphatic rings. The monoisotopic (exact) mass is 371 g/mol. The van der Waals surface area contributed by atoms with Crippen LogP contribution in [0.2, 0.25) is 0 Å². The number of aromatic nitrogens is 2. The first-order chi connectivity index (χ1) is 10.8. The van der Waals surface area contributed by atoms with E-state index in [0.717, 1.165) is 20.2 Å². The SMILES string of the molecule is CCSc1nnc(SCC(=O)NCCSc2ccccc2)s1. The number of nitrogens with one attached hydrogen (secondary N) is 1. The molecule has 0 radical (unpaired) electrons. The van der Waals surface area contributed by atoms with Gasteiger partial charge < -0.3 is 5.32 Å². The summed E-state index contributed by atoms with van der Waals surface area (Å²) in [5, 5.41) is 11.1. The minimum absolute atomic E-state index is 0.0403. The quantitative estimate of drug-likeness (QED) is 0.536. The van der Waals surface area contributed by atoms with E-state index in [2.05, 4.69) is 34.6 Å². The smallest absolute Gasteiger partial charge is 0.230 e. The zero-order chi connectivity index (χ0) is 15.6. The Balaban J connectivity index is 1.59. The molecule has 1 heterocycles. The Labute approximate surface area is 147 Å². The maximum Gasteiger partial charge on any atom is 0.230 e. The molecule has 2 rings (SSSR count). The summed E-state index contributed by atoms with van der Waals surface area (Å²) in [6.45, 7) is 2.76. The van der Waals surface area contributed by atoms with Crippen LogP contribution in [-0.4, -0.2) is 39.9 Å². The number of rotatable bonds is 9. The average molecular weight is 372 g/mol. The lowest BCUT2D eigenvalue weighted by Crippen LogP contribution is -2.27. The lowest BCUT2D eigenvalue weighted by atomic mass is 10.4. The normalized spacial score (nSPS) is 10.6. The molecular weight excluding hydrogens is 354 g/mol. The van der Waals surface area contributed by atoms with E-state index < -0.39 is 0 Å². The van der Waals surface area contributed by atoms with Crippen molar-refractivity contribution < 1.29 is 4.79 Å². The van der Waals surface area contributed by atoms with Crippen LogP contribution in [-0.2, 0) is 4.79 Å². The highest BCUT2D eigenvalue weighted by Crippen LogP contribution is 2.28. The molecule has 1 aromatic heterocycles. The molecule has 8 heteroatoms. The molecule has 0 aliphatic heterocycles. The molecular formula is C14H17N3OS4. The first kappa shape index (κ1) is 17.7. The molecule has 0 spiro atoms. The van der Waals surface area contributed by atoms with E-state index in [1.807, 2.05) is 18.2 Å². The van der Waals surface area contributed by atoms with E-state index in [4.69, 9.17) is 0 Å². The molecule has 0 saturated carbocycles. The molecule has 2 aromatic rings. The van der Waals surface area contributed by atoms with Crippen LogP contribution in [0.5, 0.6) is 0 Å². The molecule has 0 fully saturated rings. The predicted octanol–water partition coefficient (Wildman–Crippen LogP) is 3.65. The van der Waals surface area contributed by atoms with Crippen molar-refractivity contribution in [2.24, 2.45) is 0 Å². The Kier molecular flexibility index (Phi) is 8.14. The molecule has 0 aliphatic carbocycles. The third kappa shape index (κ3) is 6.60. The number of hydrogen-bond acceptors (Lipinski definition) is 7. The highest BCUT2D eigenvalue weighted by Gasteiger charge is 2.07. The van der Waals surface area contributed by atoms with Crippen LogP contribution in [0.4, 0.5) is 0 Å². The van der Waals surface area contributed by atoms with Crippen molar-refractivity contribution in [3.05, 3.63) is 30.3 Å². The number of hydrogen-bond donors (Lipinski definition) is 1. The first-order valence-corrected chi connectivity index (χ1v) is 10.6. The van der Waals surface area contributed by atoms with E-state index in [1.165, 1.54) is 16.7 Å². The Morgan fingerprint density at radius 2 is 1.86 bits per heavy atom. The molecule has 0 bridgehead atoms. The van der Waals surface area contributed by atoms with Crippen LogP contribution in [0.3, 0.4) is 0 Å². The fourth-order valence-electron chi connectivity index (χ4n) is 1.49. The third-order valence-corrected chi connectivity index (χ3v) is 6.50. The Morgan fingerprint density at radius 3 is 2.59 bits per heavy atom. The highest BCUT2D eigenvalue weighted by atomic mass is 32.2. The summed E-state index contributed by atoms with van der Waals surface area (Å²) >= 11 is 6.40. The molecule has 1 amide bonds.